The van der Waals surface area contributed by atoms with Gasteiger partial charge in [-0.05, 0) is 49.6 Å². The van der Waals surface area contributed by atoms with Gasteiger partial charge in [0.2, 0.25) is 0 Å². The van der Waals surface area contributed by atoms with Crippen molar-refractivity contribution >= 4 is 11.6 Å². The Morgan fingerprint density at radius 1 is 1.16 bits per heavy atom. The van der Waals surface area contributed by atoms with Crippen molar-refractivity contribution in [3.8, 4) is 0 Å². The summed E-state index contributed by atoms with van der Waals surface area (Å²) in [7, 11) is 0. The van der Waals surface area contributed by atoms with E-state index in [4.69, 9.17) is 17.4 Å². The molecule has 0 amide bonds. The third kappa shape index (κ3) is 2.92. The number of hydrazine groups is 1. The van der Waals surface area contributed by atoms with Crippen LogP contribution in [0.25, 0.3) is 0 Å². The second-order valence-corrected chi connectivity index (χ2v) is 5.04. The minimum absolute atomic E-state index is 0.146. The molecule has 0 saturated carbocycles. The molecule has 0 aliphatic rings. The summed E-state index contributed by atoms with van der Waals surface area (Å²) in [6.07, 6.45) is 0. The number of nitrogens with two attached hydrogens (primary N) is 1. The van der Waals surface area contributed by atoms with E-state index in [1.807, 2.05) is 45.0 Å². The smallest absolute Gasteiger partial charge is 0.0729 e. The summed E-state index contributed by atoms with van der Waals surface area (Å²) in [5.41, 5.74) is 7.60. The van der Waals surface area contributed by atoms with E-state index < -0.39 is 0 Å². The maximum absolute atomic E-state index is 6.18. The number of nitrogens with one attached hydrogen (secondary N) is 1. The second kappa shape index (κ2) is 5.65. The van der Waals surface area contributed by atoms with Gasteiger partial charge in [-0.2, -0.15) is 10.2 Å². The van der Waals surface area contributed by atoms with Crippen LogP contribution in [0.2, 0.25) is 5.02 Å². The maximum Gasteiger partial charge on any atom is 0.0729 e. The van der Waals surface area contributed by atoms with Crippen molar-refractivity contribution in [1.29, 1.82) is 0 Å². The zero-order valence-corrected chi connectivity index (χ0v) is 12.0. The van der Waals surface area contributed by atoms with Crippen LogP contribution in [0.3, 0.4) is 0 Å². The van der Waals surface area contributed by atoms with E-state index >= 15 is 0 Å². The number of rotatable bonds is 3. The van der Waals surface area contributed by atoms with Gasteiger partial charge in [0.15, 0.2) is 0 Å². The third-order valence-corrected chi connectivity index (χ3v) is 3.55. The van der Waals surface area contributed by atoms with E-state index in [9.17, 15) is 0 Å². The fraction of sp³-hybridized carbons (Fsp3) is 0.286. The zero-order valence-electron chi connectivity index (χ0n) is 11.2. The van der Waals surface area contributed by atoms with Gasteiger partial charge < -0.3 is 0 Å². The van der Waals surface area contributed by atoms with Crippen LogP contribution in [-0.4, -0.2) is 10.2 Å². The number of nitrogens with zero attached hydrogens (tertiary/aromatic N) is 2. The van der Waals surface area contributed by atoms with Crippen LogP contribution in [0.15, 0.2) is 24.3 Å². The predicted molar refractivity (Wildman–Crippen MR) is 76.9 cm³/mol. The summed E-state index contributed by atoms with van der Waals surface area (Å²) in [6, 6.07) is 7.77. The number of benzene rings is 1. The Hall–Kier alpha value is -1.49. The first-order valence-electron chi connectivity index (χ1n) is 6.06. The fourth-order valence-corrected chi connectivity index (χ4v) is 2.21. The van der Waals surface area contributed by atoms with Gasteiger partial charge in [-0.3, -0.25) is 5.84 Å². The molecule has 0 aliphatic carbocycles. The average molecular weight is 277 g/mol. The van der Waals surface area contributed by atoms with Crippen molar-refractivity contribution in [2.75, 3.05) is 0 Å². The lowest BCUT2D eigenvalue weighted by Crippen LogP contribution is -2.29. The topological polar surface area (TPSA) is 63.8 Å². The van der Waals surface area contributed by atoms with Crippen molar-refractivity contribution < 1.29 is 0 Å². The Morgan fingerprint density at radius 3 is 2.53 bits per heavy atom. The number of hydrogen-bond acceptors (Lipinski definition) is 4. The summed E-state index contributed by atoms with van der Waals surface area (Å²) in [6.45, 7) is 5.80. The van der Waals surface area contributed by atoms with Crippen molar-refractivity contribution in [2.24, 2.45) is 5.84 Å². The first kappa shape index (κ1) is 13.9. The lowest BCUT2D eigenvalue weighted by Gasteiger charge is -2.19. The van der Waals surface area contributed by atoms with Crippen LogP contribution in [0, 0.1) is 20.8 Å². The highest BCUT2D eigenvalue weighted by Crippen LogP contribution is 2.27. The van der Waals surface area contributed by atoms with Crippen LogP contribution in [-0.2, 0) is 0 Å². The molecule has 5 heteroatoms. The lowest BCUT2D eigenvalue weighted by atomic mass is 9.97. The van der Waals surface area contributed by atoms with Crippen LogP contribution in [0.5, 0.6) is 0 Å². The first-order valence-corrected chi connectivity index (χ1v) is 6.43. The van der Waals surface area contributed by atoms with Gasteiger partial charge in [-0.15, -0.1) is 0 Å². The zero-order chi connectivity index (χ0) is 14.0. The SMILES string of the molecule is Cc1cc(C(NN)c2ccc(C)c(Cl)c2)c(C)nn1. The van der Waals surface area contributed by atoms with E-state index in [0.29, 0.717) is 0 Å². The molecule has 2 rings (SSSR count). The lowest BCUT2D eigenvalue weighted by molar-refractivity contribution is 0.625. The number of halogens is 1. The minimum Gasteiger partial charge on any atom is -0.271 e. The molecular weight excluding hydrogens is 260 g/mol. The van der Waals surface area contributed by atoms with E-state index in [1.54, 1.807) is 0 Å². The Balaban J connectivity index is 2.49. The summed E-state index contributed by atoms with van der Waals surface area (Å²) in [5.74, 6) is 5.70. The average Bonchev–Trinajstić information content (AvgIpc) is 2.38. The van der Waals surface area contributed by atoms with Crippen molar-refractivity contribution in [1.82, 2.24) is 15.6 Å². The molecule has 0 aliphatic heterocycles. The molecule has 1 aromatic carbocycles. The van der Waals surface area contributed by atoms with Crippen LogP contribution < -0.4 is 11.3 Å². The predicted octanol–water partition coefficient (Wildman–Crippen LogP) is 2.61. The number of hydrogen-bond donors (Lipinski definition) is 2. The quantitative estimate of drug-likeness (QED) is 0.668. The highest BCUT2D eigenvalue weighted by atomic mass is 35.5. The standard InChI is InChI=1S/C14H17ClN4/c1-8-4-5-11(7-13(8)15)14(17-16)12-6-9(2)18-19-10(12)3/h4-7,14,17H,16H2,1-3H3. The highest BCUT2D eigenvalue weighted by molar-refractivity contribution is 6.31. The van der Waals surface area contributed by atoms with Crippen LogP contribution >= 0.6 is 11.6 Å². The van der Waals surface area contributed by atoms with Gasteiger partial charge >= 0.3 is 0 Å². The van der Waals surface area contributed by atoms with Crippen molar-refractivity contribution in [3.05, 3.63) is 57.4 Å². The molecule has 0 fully saturated rings. The van der Waals surface area contributed by atoms with E-state index in [0.717, 1.165) is 33.1 Å². The van der Waals surface area contributed by atoms with Gasteiger partial charge in [0.25, 0.3) is 0 Å². The largest absolute Gasteiger partial charge is 0.271 e. The molecular formula is C14H17ClN4. The summed E-state index contributed by atoms with van der Waals surface area (Å²) >= 11 is 6.18. The number of aromatic nitrogens is 2. The van der Waals surface area contributed by atoms with E-state index in [2.05, 4.69) is 15.6 Å². The van der Waals surface area contributed by atoms with Gasteiger partial charge in [-0.1, -0.05) is 23.7 Å². The van der Waals surface area contributed by atoms with Gasteiger partial charge in [0.1, 0.15) is 0 Å². The normalized spacial score (nSPS) is 12.5. The molecule has 0 saturated heterocycles. The molecule has 0 spiro atoms. The van der Waals surface area contributed by atoms with Gasteiger partial charge in [0, 0.05) is 5.02 Å². The van der Waals surface area contributed by atoms with Crippen LogP contribution in [0.4, 0.5) is 0 Å². The Bertz CT molecular complexity index is 598. The molecule has 100 valence electrons. The van der Waals surface area contributed by atoms with Crippen molar-refractivity contribution in [2.45, 2.75) is 26.8 Å². The highest BCUT2D eigenvalue weighted by Gasteiger charge is 2.17. The second-order valence-electron chi connectivity index (χ2n) is 4.63. The van der Waals surface area contributed by atoms with Gasteiger partial charge in [0.05, 0.1) is 17.4 Å². The minimum atomic E-state index is -0.146. The summed E-state index contributed by atoms with van der Waals surface area (Å²) in [5, 5.41) is 8.90. The first-order chi connectivity index (χ1) is 9.02. The molecule has 1 unspecified atom stereocenters. The Kier molecular flexibility index (Phi) is 4.14. The monoisotopic (exact) mass is 276 g/mol. The summed E-state index contributed by atoms with van der Waals surface area (Å²) < 4.78 is 0. The van der Waals surface area contributed by atoms with E-state index in [-0.39, 0.29) is 6.04 Å². The molecule has 0 radical (unpaired) electrons. The molecule has 3 N–H and O–H groups in total. The van der Waals surface area contributed by atoms with E-state index in [1.165, 1.54) is 0 Å². The molecule has 1 atom stereocenters. The van der Waals surface area contributed by atoms with Crippen LogP contribution in [0.1, 0.15) is 34.1 Å². The van der Waals surface area contributed by atoms with Gasteiger partial charge in [-0.25, -0.2) is 5.43 Å². The fourth-order valence-electron chi connectivity index (χ4n) is 2.02. The number of aryl methyl sites for hydroxylation is 3. The Morgan fingerprint density at radius 2 is 1.89 bits per heavy atom. The van der Waals surface area contributed by atoms with Crippen molar-refractivity contribution in [3.63, 3.8) is 0 Å². The molecule has 2 aromatic rings. The third-order valence-electron chi connectivity index (χ3n) is 3.15. The molecule has 0 bridgehead atoms. The molecule has 19 heavy (non-hydrogen) atoms. The maximum atomic E-state index is 6.18. The molecule has 4 nitrogen and oxygen atoms in total. The Labute approximate surface area is 118 Å². The summed E-state index contributed by atoms with van der Waals surface area (Å²) in [4.78, 5) is 0. The molecule has 1 heterocycles. The molecule has 1 aromatic heterocycles.